The van der Waals surface area contributed by atoms with Gasteiger partial charge in [0.25, 0.3) is 0 Å². The van der Waals surface area contributed by atoms with Crippen LogP contribution in [-0.4, -0.2) is 22.7 Å². The van der Waals surface area contributed by atoms with Crippen molar-refractivity contribution in [2.45, 2.75) is 6.61 Å². The second-order valence-electron chi connectivity index (χ2n) is 3.94. The number of rotatable bonds is 4. The average Bonchev–Trinajstić information content (AvgIpc) is 2.66. The van der Waals surface area contributed by atoms with Crippen molar-refractivity contribution in [3.63, 3.8) is 0 Å². The molecular weight excluding hydrogens is 348 g/mol. The van der Waals surface area contributed by atoms with Crippen molar-refractivity contribution in [3.05, 3.63) is 32.8 Å². The van der Waals surface area contributed by atoms with Crippen molar-refractivity contribution < 1.29 is 18.3 Å². The van der Waals surface area contributed by atoms with Crippen molar-refractivity contribution in [2.75, 3.05) is 0 Å². The van der Waals surface area contributed by atoms with Gasteiger partial charge >= 0.3 is 6.61 Å². The quantitative estimate of drug-likeness (QED) is 0.761. The Bertz CT molecular complexity index is 704. The third kappa shape index (κ3) is 3.12. The number of benzene rings is 1. The van der Waals surface area contributed by atoms with E-state index in [1.807, 2.05) is 0 Å². The highest BCUT2D eigenvalue weighted by atomic mass is 35.5. The molecule has 0 N–H and O–H groups in total. The molecule has 2 aromatic rings. The smallest absolute Gasteiger partial charge is 0.388 e. The predicted octanol–water partition coefficient (Wildman–Crippen LogP) is 4.46. The number of alkyl halides is 2. The summed E-state index contributed by atoms with van der Waals surface area (Å²) < 4.78 is 30.0. The van der Waals surface area contributed by atoms with Crippen molar-refractivity contribution in [2.24, 2.45) is 7.05 Å². The molecule has 0 fully saturated rings. The summed E-state index contributed by atoms with van der Waals surface area (Å²) in [5, 5.41) is 4.18. The van der Waals surface area contributed by atoms with Gasteiger partial charge in [0, 0.05) is 18.2 Å². The highest BCUT2D eigenvalue weighted by Gasteiger charge is 2.22. The van der Waals surface area contributed by atoms with Gasteiger partial charge in [0.1, 0.15) is 10.7 Å². The maximum absolute atomic E-state index is 12.3. The van der Waals surface area contributed by atoms with Gasteiger partial charge in [-0.15, -0.1) is 0 Å². The van der Waals surface area contributed by atoms with Crippen molar-refractivity contribution in [3.8, 4) is 17.1 Å². The Morgan fingerprint density at radius 2 is 1.95 bits per heavy atom. The first-order chi connectivity index (χ1) is 9.85. The molecule has 112 valence electrons. The van der Waals surface area contributed by atoms with Crippen LogP contribution in [0.15, 0.2) is 12.1 Å². The van der Waals surface area contributed by atoms with Gasteiger partial charge in [-0.3, -0.25) is 4.79 Å². The Hall–Kier alpha value is -1.37. The summed E-state index contributed by atoms with van der Waals surface area (Å²) in [4.78, 5) is 10.9. The molecule has 0 aliphatic heterocycles. The molecule has 0 saturated heterocycles. The van der Waals surface area contributed by atoms with Gasteiger partial charge in [-0.1, -0.05) is 34.8 Å². The molecule has 1 aromatic heterocycles. The summed E-state index contributed by atoms with van der Waals surface area (Å²) in [6, 6.07) is 2.72. The highest BCUT2D eigenvalue weighted by Crippen LogP contribution is 2.39. The number of carbonyl (C=O) groups excluding carboxylic acids is 1. The Balaban J connectivity index is 2.60. The zero-order valence-corrected chi connectivity index (χ0v) is 12.7. The fraction of sp³-hybridized carbons (Fsp3) is 0.167. The molecule has 0 atom stereocenters. The number of aryl methyl sites for hydroxylation is 1. The molecule has 1 heterocycles. The Morgan fingerprint density at radius 1 is 1.29 bits per heavy atom. The Kier molecular flexibility index (Phi) is 4.70. The third-order valence-corrected chi connectivity index (χ3v) is 3.59. The van der Waals surface area contributed by atoms with Crippen LogP contribution < -0.4 is 4.74 Å². The number of aromatic nitrogens is 2. The van der Waals surface area contributed by atoms with Crippen molar-refractivity contribution >= 4 is 41.1 Å². The van der Waals surface area contributed by atoms with Crippen LogP contribution in [-0.2, 0) is 7.05 Å². The zero-order valence-electron chi connectivity index (χ0n) is 10.4. The molecule has 2 rings (SSSR count). The van der Waals surface area contributed by atoms with E-state index in [4.69, 9.17) is 34.8 Å². The maximum Gasteiger partial charge on any atom is 0.388 e. The first kappa shape index (κ1) is 16.0. The van der Waals surface area contributed by atoms with Crippen LogP contribution >= 0.6 is 34.8 Å². The molecule has 0 spiro atoms. The molecule has 0 amide bonds. The zero-order chi connectivity index (χ0) is 15.7. The topological polar surface area (TPSA) is 44.1 Å². The number of aldehydes is 1. The number of ether oxygens (including phenoxy) is 1. The van der Waals surface area contributed by atoms with E-state index in [9.17, 15) is 13.6 Å². The summed E-state index contributed by atoms with van der Waals surface area (Å²) in [7, 11) is 1.39. The first-order valence-corrected chi connectivity index (χ1v) is 6.60. The SMILES string of the molecule is Cn1nc(-c2cc(C=O)c(Cl)cc2Cl)c(Cl)c1OC(F)F. The summed E-state index contributed by atoms with van der Waals surface area (Å²) in [5.41, 5.74) is 0.571. The van der Waals surface area contributed by atoms with Crippen LogP contribution in [0.1, 0.15) is 10.4 Å². The van der Waals surface area contributed by atoms with Gasteiger partial charge in [0.15, 0.2) is 6.29 Å². The number of hydrogen-bond acceptors (Lipinski definition) is 3. The standard InChI is InChI=1S/C12H7Cl3F2N2O2/c1-19-11(21-12(16)17)9(15)10(18-19)6-2-5(4-20)7(13)3-8(6)14/h2-4,12H,1H3. The van der Waals surface area contributed by atoms with Gasteiger partial charge in [-0.25, -0.2) is 4.68 Å². The van der Waals surface area contributed by atoms with E-state index in [-0.39, 0.29) is 37.8 Å². The molecule has 0 aliphatic rings. The normalized spacial score (nSPS) is 11.0. The lowest BCUT2D eigenvalue weighted by molar-refractivity contribution is -0.0552. The molecule has 0 unspecified atom stereocenters. The van der Waals surface area contributed by atoms with Crippen LogP contribution in [0.25, 0.3) is 11.3 Å². The second kappa shape index (κ2) is 6.17. The molecule has 4 nitrogen and oxygen atoms in total. The molecule has 1 aromatic carbocycles. The highest BCUT2D eigenvalue weighted by molar-refractivity contribution is 6.39. The van der Waals surface area contributed by atoms with Crippen LogP contribution in [0.5, 0.6) is 5.88 Å². The number of nitrogens with zero attached hydrogens (tertiary/aromatic N) is 2. The van der Waals surface area contributed by atoms with E-state index < -0.39 is 6.61 Å². The largest absolute Gasteiger partial charge is 0.416 e. The number of hydrogen-bond donors (Lipinski definition) is 0. The molecule has 9 heteroatoms. The summed E-state index contributed by atoms with van der Waals surface area (Å²) >= 11 is 17.9. The van der Waals surface area contributed by atoms with Gasteiger partial charge < -0.3 is 4.74 Å². The lowest BCUT2D eigenvalue weighted by Crippen LogP contribution is -2.06. The van der Waals surface area contributed by atoms with Crippen LogP contribution in [0, 0.1) is 0 Å². The molecule has 21 heavy (non-hydrogen) atoms. The maximum atomic E-state index is 12.3. The van der Waals surface area contributed by atoms with Crippen LogP contribution in [0.2, 0.25) is 15.1 Å². The lowest BCUT2D eigenvalue weighted by Gasteiger charge is -2.05. The van der Waals surface area contributed by atoms with Gasteiger partial charge in [0.2, 0.25) is 5.88 Å². The monoisotopic (exact) mass is 354 g/mol. The number of halogens is 5. The van der Waals surface area contributed by atoms with E-state index in [1.165, 1.54) is 19.2 Å². The van der Waals surface area contributed by atoms with E-state index in [0.29, 0.717) is 6.29 Å². The summed E-state index contributed by atoms with van der Waals surface area (Å²) in [6.07, 6.45) is 0.537. The lowest BCUT2D eigenvalue weighted by atomic mass is 10.1. The first-order valence-electron chi connectivity index (χ1n) is 5.47. The van der Waals surface area contributed by atoms with Gasteiger partial charge in [-0.05, 0) is 12.1 Å². The minimum atomic E-state index is -3.04. The molecule has 0 aliphatic carbocycles. The Morgan fingerprint density at radius 3 is 2.52 bits per heavy atom. The van der Waals surface area contributed by atoms with E-state index in [0.717, 1.165) is 4.68 Å². The van der Waals surface area contributed by atoms with Crippen LogP contribution in [0.3, 0.4) is 0 Å². The van der Waals surface area contributed by atoms with E-state index >= 15 is 0 Å². The average molecular weight is 356 g/mol. The minimum absolute atomic E-state index is 0.111. The fourth-order valence-electron chi connectivity index (χ4n) is 1.70. The van der Waals surface area contributed by atoms with Crippen LogP contribution in [0.4, 0.5) is 8.78 Å². The van der Waals surface area contributed by atoms with Gasteiger partial charge in [-0.2, -0.15) is 13.9 Å². The van der Waals surface area contributed by atoms with Gasteiger partial charge in [0.05, 0.1) is 10.0 Å². The predicted molar refractivity (Wildman–Crippen MR) is 75.7 cm³/mol. The molecular formula is C12H7Cl3F2N2O2. The third-order valence-electron chi connectivity index (χ3n) is 2.61. The second-order valence-corrected chi connectivity index (χ2v) is 5.13. The summed E-state index contributed by atoms with van der Waals surface area (Å²) in [6.45, 7) is -3.04. The number of carbonyl (C=O) groups is 1. The molecule has 0 radical (unpaired) electrons. The minimum Gasteiger partial charge on any atom is -0.416 e. The van der Waals surface area contributed by atoms with Crippen molar-refractivity contribution in [1.29, 1.82) is 0 Å². The molecule has 0 bridgehead atoms. The van der Waals surface area contributed by atoms with E-state index in [2.05, 4.69) is 9.84 Å². The molecule has 0 saturated carbocycles. The van der Waals surface area contributed by atoms with Crippen molar-refractivity contribution in [1.82, 2.24) is 9.78 Å². The van der Waals surface area contributed by atoms with E-state index in [1.54, 1.807) is 0 Å². The Labute approximate surface area is 133 Å². The fourth-order valence-corrected chi connectivity index (χ4v) is 2.53. The summed E-state index contributed by atoms with van der Waals surface area (Å²) in [5.74, 6) is -0.305.